The molecule has 0 saturated carbocycles. The van der Waals surface area contributed by atoms with Crippen LogP contribution in [0.1, 0.15) is 50.1 Å². The summed E-state index contributed by atoms with van der Waals surface area (Å²) in [7, 11) is 0. The number of fused-ring (bicyclic) bond motifs is 2. The molecule has 0 spiro atoms. The molecule has 3 unspecified atom stereocenters. The van der Waals surface area contributed by atoms with Gasteiger partial charge < -0.3 is 0 Å². The summed E-state index contributed by atoms with van der Waals surface area (Å²) in [5.74, 6) is 0. The number of hydrogen-bond donors (Lipinski definition) is 0. The van der Waals surface area contributed by atoms with Gasteiger partial charge in [-0.25, -0.2) is 0 Å². The molecule has 2 fully saturated rings. The van der Waals surface area contributed by atoms with Crippen molar-refractivity contribution in [1.82, 2.24) is 4.90 Å². The summed E-state index contributed by atoms with van der Waals surface area (Å²) >= 11 is 2.33. The molecule has 3 rings (SSSR count). The van der Waals surface area contributed by atoms with Crippen LogP contribution in [0.15, 0.2) is 24.3 Å². The van der Waals surface area contributed by atoms with E-state index in [-0.39, 0.29) is 6.67 Å². The smallest absolute Gasteiger partial charge is 0.0912 e. The van der Waals surface area contributed by atoms with Gasteiger partial charge >= 0.3 is 0 Å². The molecule has 1 aromatic rings. The predicted molar refractivity (Wildman–Crippen MR) is 85.0 cm³/mol. The van der Waals surface area contributed by atoms with E-state index in [1.165, 1.54) is 41.2 Å². The van der Waals surface area contributed by atoms with E-state index in [4.69, 9.17) is 0 Å². The van der Waals surface area contributed by atoms with Gasteiger partial charge in [0.15, 0.2) is 0 Å². The minimum Gasteiger partial charge on any atom is -0.290 e. The largest absolute Gasteiger partial charge is 0.290 e. The van der Waals surface area contributed by atoms with E-state index >= 15 is 0 Å². The van der Waals surface area contributed by atoms with Gasteiger partial charge in [-0.3, -0.25) is 9.29 Å². The zero-order valence-corrected chi connectivity index (χ0v) is 13.4. The van der Waals surface area contributed by atoms with Crippen LogP contribution in [-0.4, -0.2) is 23.7 Å². The van der Waals surface area contributed by atoms with Gasteiger partial charge in [0.05, 0.1) is 6.67 Å². The lowest BCUT2D eigenvalue weighted by Gasteiger charge is -2.41. The van der Waals surface area contributed by atoms with Crippen LogP contribution in [0.3, 0.4) is 0 Å². The van der Waals surface area contributed by atoms with Gasteiger partial charge in [0, 0.05) is 21.7 Å². The molecule has 1 nitrogen and oxygen atoms in total. The van der Waals surface area contributed by atoms with Crippen molar-refractivity contribution in [2.75, 3.05) is 6.67 Å². The van der Waals surface area contributed by atoms with E-state index in [1.807, 2.05) is 0 Å². The Morgan fingerprint density at radius 1 is 1.11 bits per heavy atom. The van der Waals surface area contributed by atoms with Crippen molar-refractivity contribution in [1.29, 1.82) is 0 Å². The zero-order chi connectivity index (χ0) is 13.2. The fraction of sp³-hybridized carbons (Fsp3) is 0.625. The van der Waals surface area contributed by atoms with Gasteiger partial charge in [-0.05, 0) is 72.4 Å². The molecule has 0 aromatic heterocycles. The third-order valence-corrected chi connectivity index (χ3v) is 5.47. The van der Waals surface area contributed by atoms with E-state index < -0.39 is 0 Å². The Balaban J connectivity index is 1.86. The Kier molecular flexibility index (Phi) is 4.42. The Bertz CT molecular complexity index is 403. The van der Waals surface area contributed by atoms with Crippen molar-refractivity contribution in [3.63, 3.8) is 0 Å². The summed E-state index contributed by atoms with van der Waals surface area (Å²) in [6.45, 7) is -0.216. The number of piperidine rings is 1. The third kappa shape index (κ3) is 2.82. The fourth-order valence-corrected chi connectivity index (χ4v) is 4.30. The van der Waals surface area contributed by atoms with Crippen LogP contribution in [0.5, 0.6) is 0 Å². The molecule has 0 N–H and O–H groups in total. The lowest BCUT2D eigenvalue weighted by atomic mass is 9.95. The molecule has 0 radical (unpaired) electrons. The second-order valence-electron chi connectivity index (χ2n) is 5.81. The first kappa shape index (κ1) is 13.8. The quantitative estimate of drug-likeness (QED) is 0.691. The molecule has 104 valence electrons. The monoisotopic (exact) mass is 373 g/mol. The minimum absolute atomic E-state index is 0.216. The van der Waals surface area contributed by atoms with Crippen LogP contribution in [0.2, 0.25) is 0 Å². The summed E-state index contributed by atoms with van der Waals surface area (Å²) in [5, 5.41) is 0. The fourth-order valence-electron chi connectivity index (χ4n) is 3.94. The summed E-state index contributed by atoms with van der Waals surface area (Å²) in [6.07, 6.45) is 7.26. The molecule has 2 bridgehead atoms. The average molecular weight is 373 g/mol. The van der Waals surface area contributed by atoms with Crippen LogP contribution in [-0.2, 0) is 0 Å². The highest BCUT2D eigenvalue weighted by molar-refractivity contribution is 14.1. The van der Waals surface area contributed by atoms with Crippen molar-refractivity contribution < 1.29 is 4.39 Å². The number of halogens is 2. The standard InChI is InChI=1S/C16H21FIN/c17-11-10-16(12-4-6-13(18)7-5-12)19-14-2-1-3-15(19)9-8-14/h4-7,14-16H,1-3,8-11H2. The highest BCUT2D eigenvalue weighted by Gasteiger charge is 2.40. The van der Waals surface area contributed by atoms with Gasteiger partial charge in [-0.1, -0.05) is 18.6 Å². The number of hydrogen-bond acceptors (Lipinski definition) is 1. The molecule has 2 heterocycles. The van der Waals surface area contributed by atoms with Crippen molar-refractivity contribution in [2.24, 2.45) is 0 Å². The number of benzene rings is 1. The molecule has 2 aliphatic heterocycles. The lowest BCUT2D eigenvalue weighted by Crippen LogP contribution is -2.42. The first-order chi connectivity index (χ1) is 9.29. The van der Waals surface area contributed by atoms with Crippen molar-refractivity contribution in [3.05, 3.63) is 33.4 Å². The highest BCUT2D eigenvalue weighted by atomic mass is 127. The Morgan fingerprint density at radius 2 is 1.74 bits per heavy atom. The van der Waals surface area contributed by atoms with E-state index in [0.717, 1.165) is 0 Å². The summed E-state index contributed by atoms with van der Waals surface area (Å²) in [6, 6.07) is 10.4. The van der Waals surface area contributed by atoms with Crippen LogP contribution >= 0.6 is 22.6 Å². The van der Waals surface area contributed by atoms with Crippen LogP contribution < -0.4 is 0 Å². The first-order valence-corrected chi connectivity index (χ1v) is 8.46. The van der Waals surface area contributed by atoms with Crippen molar-refractivity contribution >= 4 is 22.6 Å². The maximum atomic E-state index is 13.0. The normalized spacial score (nSPS) is 28.5. The number of alkyl halides is 1. The van der Waals surface area contributed by atoms with Gasteiger partial charge in [-0.2, -0.15) is 0 Å². The first-order valence-electron chi connectivity index (χ1n) is 7.38. The highest BCUT2D eigenvalue weighted by Crippen LogP contribution is 2.42. The molecule has 3 heteroatoms. The van der Waals surface area contributed by atoms with E-state index in [2.05, 4.69) is 51.8 Å². The molecule has 0 amide bonds. The van der Waals surface area contributed by atoms with Crippen molar-refractivity contribution in [2.45, 2.75) is 56.7 Å². The second-order valence-corrected chi connectivity index (χ2v) is 7.05. The SMILES string of the molecule is FCCC(c1ccc(I)cc1)N1C2CCCC1CC2. The molecular formula is C16H21FIN. The molecule has 2 saturated heterocycles. The lowest BCUT2D eigenvalue weighted by molar-refractivity contribution is 0.0770. The Hall–Kier alpha value is -0.160. The van der Waals surface area contributed by atoms with Gasteiger partial charge in [-0.15, -0.1) is 0 Å². The molecule has 19 heavy (non-hydrogen) atoms. The zero-order valence-electron chi connectivity index (χ0n) is 11.2. The predicted octanol–water partition coefficient (Wildman–Crippen LogP) is 4.71. The summed E-state index contributed by atoms with van der Waals surface area (Å²) < 4.78 is 14.3. The third-order valence-electron chi connectivity index (χ3n) is 4.75. The molecule has 3 atom stereocenters. The molecule has 2 aliphatic rings. The summed E-state index contributed by atoms with van der Waals surface area (Å²) in [4.78, 5) is 2.64. The van der Waals surface area contributed by atoms with E-state index in [0.29, 0.717) is 24.5 Å². The maximum absolute atomic E-state index is 13.0. The minimum atomic E-state index is -0.216. The second kappa shape index (κ2) is 6.08. The topological polar surface area (TPSA) is 3.24 Å². The number of nitrogens with zero attached hydrogens (tertiary/aromatic N) is 1. The average Bonchev–Trinajstić information content (AvgIpc) is 2.67. The van der Waals surface area contributed by atoms with Crippen LogP contribution in [0, 0.1) is 3.57 Å². The van der Waals surface area contributed by atoms with E-state index in [1.54, 1.807) is 0 Å². The van der Waals surface area contributed by atoms with Crippen molar-refractivity contribution in [3.8, 4) is 0 Å². The summed E-state index contributed by atoms with van der Waals surface area (Å²) in [5.41, 5.74) is 1.30. The Morgan fingerprint density at radius 3 is 2.32 bits per heavy atom. The van der Waals surface area contributed by atoms with Crippen LogP contribution in [0.25, 0.3) is 0 Å². The van der Waals surface area contributed by atoms with Gasteiger partial charge in [0.25, 0.3) is 0 Å². The van der Waals surface area contributed by atoms with E-state index in [9.17, 15) is 4.39 Å². The molecule has 1 aromatic carbocycles. The maximum Gasteiger partial charge on any atom is 0.0912 e. The van der Waals surface area contributed by atoms with Crippen LogP contribution in [0.4, 0.5) is 4.39 Å². The van der Waals surface area contributed by atoms with Gasteiger partial charge in [0.2, 0.25) is 0 Å². The van der Waals surface area contributed by atoms with Gasteiger partial charge in [0.1, 0.15) is 0 Å². The molecular weight excluding hydrogens is 352 g/mol. The number of rotatable bonds is 4. The Labute approximate surface area is 128 Å². The molecule has 0 aliphatic carbocycles.